The van der Waals surface area contributed by atoms with Gasteiger partial charge >= 0.3 is 0 Å². The third-order valence-corrected chi connectivity index (χ3v) is 5.54. The van der Waals surface area contributed by atoms with E-state index in [1.807, 2.05) is 0 Å². The molecule has 4 heteroatoms. The van der Waals surface area contributed by atoms with Crippen molar-refractivity contribution in [3.63, 3.8) is 0 Å². The Labute approximate surface area is 89.1 Å². The van der Waals surface area contributed by atoms with Crippen molar-refractivity contribution in [2.24, 2.45) is 5.73 Å². The number of nitrogens with one attached hydrogen (secondary N) is 1. The first kappa shape index (κ1) is 12.2. The SMILES string of the molecule is NCCNCCCC[SiH]1CCCCO1. The monoisotopic (exact) mass is 216 g/mol. The quantitative estimate of drug-likeness (QED) is 0.490. The lowest BCUT2D eigenvalue weighted by molar-refractivity contribution is 0.285. The summed E-state index contributed by atoms with van der Waals surface area (Å²) in [6.45, 7) is 3.87. The van der Waals surface area contributed by atoms with Crippen molar-refractivity contribution < 1.29 is 4.43 Å². The molecule has 0 aliphatic carbocycles. The zero-order valence-corrected chi connectivity index (χ0v) is 10.3. The first-order valence-electron chi connectivity index (χ1n) is 5.96. The molecule has 0 amide bonds. The molecule has 0 bridgehead atoms. The fourth-order valence-corrected chi connectivity index (χ4v) is 4.49. The van der Waals surface area contributed by atoms with E-state index in [4.69, 9.17) is 10.2 Å². The highest BCUT2D eigenvalue weighted by molar-refractivity contribution is 6.51. The normalized spacial score (nSPS) is 22.5. The summed E-state index contributed by atoms with van der Waals surface area (Å²) in [6, 6.07) is 2.79. The Balaban J connectivity index is 1.82. The van der Waals surface area contributed by atoms with Gasteiger partial charge in [0.15, 0.2) is 9.04 Å². The number of unbranched alkanes of at least 4 members (excludes halogenated alkanes) is 1. The molecule has 0 spiro atoms. The molecule has 0 aromatic rings. The molecule has 0 radical (unpaired) electrons. The Kier molecular flexibility index (Phi) is 7.31. The van der Waals surface area contributed by atoms with Crippen molar-refractivity contribution in [2.75, 3.05) is 26.2 Å². The molecule has 3 nitrogen and oxygen atoms in total. The van der Waals surface area contributed by atoms with Gasteiger partial charge in [-0.05, 0) is 31.5 Å². The predicted octanol–water partition coefficient (Wildman–Crippen LogP) is 0.849. The van der Waals surface area contributed by atoms with Crippen LogP contribution >= 0.6 is 0 Å². The van der Waals surface area contributed by atoms with E-state index >= 15 is 0 Å². The van der Waals surface area contributed by atoms with Gasteiger partial charge in [0.1, 0.15) is 0 Å². The molecule has 1 aliphatic heterocycles. The lowest BCUT2D eigenvalue weighted by Crippen LogP contribution is -2.25. The van der Waals surface area contributed by atoms with E-state index in [-0.39, 0.29) is 0 Å². The van der Waals surface area contributed by atoms with E-state index in [2.05, 4.69) is 5.32 Å². The van der Waals surface area contributed by atoms with Gasteiger partial charge in [0, 0.05) is 19.7 Å². The van der Waals surface area contributed by atoms with Crippen molar-refractivity contribution in [1.82, 2.24) is 5.32 Å². The van der Waals surface area contributed by atoms with Crippen LogP contribution in [0.5, 0.6) is 0 Å². The van der Waals surface area contributed by atoms with Crippen molar-refractivity contribution in [2.45, 2.75) is 37.8 Å². The van der Waals surface area contributed by atoms with E-state index < -0.39 is 9.04 Å². The van der Waals surface area contributed by atoms with Gasteiger partial charge in [-0.3, -0.25) is 0 Å². The van der Waals surface area contributed by atoms with E-state index in [1.165, 1.54) is 37.8 Å². The van der Waals surface area contributed by atoms with Gasteiger partial charge < -0.3 is 15.5 Å². The molecule has 0 saturated carbocycles. The molecule has 1 saturated heterocycles. The van der Waals surface area contributed by atoms with Crippen molar-refractivity contribution in [1.29, 1.82) is 0 Å². The molecule has 1 atom stereocenters. The maximum Gasteiger partial charge on any atom is 0.176 e. The average molecular weight is 216 g/mol. The average Bonchev–Trinajstić information content (AvgIpc) is 2.25. The van der Waals surface area contributed by atoms with Crippen LogP contribution in [0.2, 0.25) is 12.1 Å². The summed E-state index contributed by atoms with van der Waals surface area (Å²) in [5.74, 6) is 0. The standard InChI is InChI=1S/C10H24N2OSi/c11-5-7-12-6-1-3-9-14-10-4-2-8-13-14/h12,14H,1-11H2. The van der Waals surface area contributed by atoms with Crippen molar-refractivity contribution in [3.05, 3.63) is 0 Å². The molecule has 3 N–H and O–H groups in total. The van der Waals surface area contributed by atoms with Gasteiger partial charge in [-0.15, -0.1) is 0 Å². The summed E-state index contributed by atoms with van der Waals surface area (Å²) in [4.78, 5) is 0. The Hall–Kier alpha value is 0.0969. The van der Waals surface area contributed by atoms with Gasteiger partial charge in [-0.25, -0.2) is 0 Å². The number of hydrogen-bond acceptors (Lipinski definition) is 3. The zero-order chi connectivity index (χ0) is 10.1. The molecule has 1 fully saturated rings. The Bertz CT molecular complexity index is 129. The number of rotatable bonds is 7. The van der Waals surface area contributed by atoms with Gasteiger partial charge in [0.25, 0.3) is 0 Å². The van der Waals surface area contributed by atoms with Crippen LogP contribution in [0.4, 0.5) is 0 Å². The van der Waals surface area contributed by atoms with Crippen molar-refractivity contribution >= 4 is 9.04 Å². The Morgan fingerprint density at radius 2 is 2.14 bits per heavy atom. The van der Waals surface area contributed by atoms with Crippen LogP contribution in [0.25, 0.3) is 0 Å². The van der Waals surface area contributed by atoms with Crippen LogP contribution in [0.1, 0.15) is 25.7 Å². The minimum Gasteiger partial charge on any atom is -0.420 e. The maximum absolute atomic E-state index is 5.80. The fourth-order valence-electron chi connectivity index (χ4n) is 1.88. The second-order valence-corrected chi connectivity index (χ2v) is 6.76. The van der Waals surface area contributed by atoms with Gasteiger partial charge in [-0.2, -0.15) is 0 Å². The predicted molar refractivity (Wildman–Crippen MR) is 63.1 cm³/mol. The first-order valence-corrected chi connectivity index (χ1v) is 8.06. The highest BCUT2D eigenvalue weighted by Gasteiger charge is 2.14. The van der Waals surface area contributed by atoms with Crippen molar-refractivity contribution in [3.8, 4) is 0 Å². The molecular weight excluding hydrogens is 192 g/mol. The molecule has 1 rings (SSSR count). The molecule has 1 heterocycles. The Morgan fingerprint density at radius 1 is 1.21 bits per heavy atom. The summed E-state index contributed by atoms with van der Waals surface area (Å²) >= 11 is 0. The molecule has 0 aromatic heterocycles. The highest BCUT2D eigenvalue weighted by atomic mass is 28.3. The van der Waals surface area contributed by atoms with Crippen LogP contribution in [-0.2, 0) is 4.43 Å². The number of hydrogen-bond donors (Lipinski definition) is 2. The topological polar surface area (TPSA) is 47.3 Å². The third-order valence-electron chi connectivity index (χ3n) is 2.72. The van der Waals surface area contributed by atoms with Gasteiger partial charge in [0.05, 0.1) is 0 Å². The third kappa shape index (κ3) is 5.75. The Morgan fingerprint density at radius 3 is 2.86 bits per heavy atom. The minimum atomic E-state index is -0.737. The molecule has 14 heavy (non-hydrogen) atoms. The number of nitrogens with two attached hydrogens (primary N) is 1. The second kappa shape index (κ2) is 8.41. The summed E-state index contributed by atoms with van der Waals surface area (Å²) < 4.78 is 5.80. The summed E-state index contributed by atoms with van der Waals surface area (Å²) in [5.41, 5.74) is 5.38. The lowest BCUT2D eigenvalue weighted by Gasteiger charge is -2.20. The van der Waals surface area contributed by atoms with Gasteiger partial charge in [-0.1, -0.05) is 12.8 Å². The van der Waals surface area contributed by atoms with Crippen LogP contribution in [-0.4, -0.2) is 35.3 Å². The van der Waals surface area contributed by atoms with E-state index in [9.17, 15) is 0 Å². The van der Waals surface area contributed by atoms with Crippen LogP contribution in [0.3, 0.4) is 0 Å². The lowest BCUT2D eigenvalue weighted by atomic mass is 10.3. The highest BCUT2D eigenvalue weighted by Crippen LogP contribution is 2.15. The van der Waals surface area contributed by atoms with Crippen LogP contribution in [0, 0.1) is 0 Å². The van der Waals surface area contributed by atoms with E-state index in [0.29, 0.717) is 0 Å². The first-order chi connectivity index (χ1) is 6.93. The van der Waals surface area contributed by atoms with E-state index in [0.717, 1.165) is 26.2 Å². The molecule has 0 aromatic carbocycles. The largest absolute Gasteiger partial charge is 0.420 e. The second-order valence-electron chi connectivity index (χ2n) is 4.02. The summed E-state index contributed by atoms with van der Waals surface area (Å²) in [7, 11) is -0.737. The summed E-state index contributed by atoms with van der Waals surface area (Å²) in [5, 5.41) is 3.32. The smallest absolute Gasteiger partial charge is 0.176 e. The van der Waals surface area contributed by atoms with E-state index in [1.54, 1.807) is 0 Å². The fraction of sp³-hybridized carbons (Fsp3) is 1.00. The van der Waals surface area contributed by atoms with Crippen LogP contribution < -0.4 is 11.1 Å². The maximum atomic E-state index is 5.80. The van der Waals surface area contributed by atoms with Crippen LogP contribution in [0.15, 0.2) is 0 Å². The molecular formula is C10H24N2OSi. The molecule has 1 aliphatic rings. The molecule has 1 unspecified atom stereocenters. The molecule has 84 valence electrons. The summed E-state index contributed by atoms with van der Waals surface area (Å²) in [6.07, 6.45) is 5.34. The van der Waals surface area contributed by atoms with Gasteiger partial charge in [0.2, 0.25) is 0 Å². The minimum absolute atomic E-state index is 0.737. The zero-order valence-electron chi connectivity index (χ0n) is 9.13.